The molecule has 0 aliphatic carbocycles. The van der Waals surface area contributed by atoms with E-state index >= 15 is 0 Å². The van der Waals surface area contributed by atoms with Gasteiger partial charge in [0, 0.05) is 31.6 Å². The lowest BCUT2D eigenvalue weighted by molar-refractivity contribution is -0.184. The van der Waals surface area contributed by atoms with Crippen molar-refractivity contribution in [2.45, 2.75) is 32.0 Å². The number of nitrogens with two attached hydrogens (primary N) is 1. The lowest BCUT2D eigenvalue weighted by Crippen LogP contribution is -2.38. The molecule has 0 saturated carbocycles. The number of hydrogen-bond donors (Lipinski definition) is 2. The molecule has 0 unspecified atom stereocenters. The van der Waals surface area contributed by atoms with Gasteiger partial charge in [0.25, 0.3) is 0 Å². The van der Waals surface area contributed by atoms with Crippen LogP contribution in [-0.2, 0) is 16.1 Å². The van der Waals surface area contributed by atoms with Gasteiger partial charge >= 0.3 is 12.1 Å². The summed E-state index contributed by atoms with van der Waals surface area (Å²) in [6.07, 6.45) is -1.83. The highest BCUT2D eigenvalue weighted by Gasteiger charge is 2.40. The molecule has 2 amide bonds. The summed E-state index contributed by atoms with van der Waals surface area (Å²) in [6.45, 7) is -0.0515. The van der Waals surface area contributed by atoms with E-state index in [0.29, 0.717) is 27.5 Å². The first-order chi connectivity index (χ1) is 19.0. The van der Waals surface area contributed by atoms with E-state index < -0.39 is 23.8 Å². The number of halogens is 4. The van der Waals surface area contributed by atoms with Crippen LogP contribution in [0.1, 0.15) is 24.8 Å². The molecule has 4 aromatic rings. The molecular weight excluding hydrogens is 536 g/mol. The number of alkyl halides is 3. The van der Waals surface area contributed by atoms with E-state index in [1.807, 2.05) is 0 Å². The van der Waals surface area contributed by atoms with E-state index in [9.17, 15) is 27.2 Å². The second-order valence-corrected chi connectivity index (χ2v) is 8.77. The molecule has 0 aliphatic rings. The third-order valence-electron chi connectivity index (χ3n) is 5.82. The van der Waals surface area contributed by atoms with Crippen molar-refractivity contribution in [2.24, 2.45) is 0 Å². The predicted molar refractivity (Wildman–Crippen MR) is 135 cm³/mol. The maximum Gasteiger partial charge on any atom is 0.471 e. The molecule has 0 atom stereocenters. The third-order valence-corrected chi connectivity index (χ3v) is 5.82. The van der Waals surface area contributed by atoms with Gasteiger partial charge in [-0.25, -0.2) is 14.4 Å². The molecule has 210 valence electrons. The van der Waals surface area contributed by atoms with Crippen molar-refractivity contribution in [3.05, 3.63) is 60.2 Å². The van der Waals surface area contributed by atoms with Crippen LogP contribution in [-0.4, -0.2) is 61.4 Å². The van der Waals surface area contributed by atoms with Crippen molar-refractivity contribution in [1.29, 1.82) is 0 Å². The lowest BCUT2D eigenvalue weighted by Gasteiger charge is -2.18. The summed E-state index contributed by atoms with van der Waals surface area (Å²) >= 11 is 0. The van der Waals surface area contributed by atoms with Gasteiger partial charge in [-0.2, -0.15) is 18.3 Å². The first kappa shape index (κ1) is 28.2. The van der Waals surface area contributed by atoms with Crippen LogP contribution in [0.3, 0.4) is 0 Å². The van der Waals surface area contributed by atoms with E-state index in [2.05, 4.69) is 25.5 Å². The quantitative estimate of drug-likeness (QED) is 0.220. The Morgan fingerprint density at radius 1 is 1.15 bits per heavy atom. The summed E-state index contributed by atoms with van der Waals surface area (Å²) in [5.41, 5.74) is 7.87. The molecular formula is C25H24F4N8O3. The number of hydrogen-bond acceptors (Lipinski definition) is 8. The Kier molecular flexibility index (Phi) is 8.40. The first-order valence-electron chi connectivity index (χ1n) is 12.0. The number of nitrogens with zero attached hydrogens (tertiary/aromatic N) is 6. The summed E-state index contributed by atoms with van der Waals surface area (Å²) in [4.78, 5) is 32.5. The zero-order valence-electron chi connectivity index (χ0n) is 21.2. The molecule has 0 bridgehead atoms. The number of benzene rings is 1. The van der Waals surface area contributed by atoms with Crippen LogP contribution < -0.4 is 11.1 Å². The van der Waals surface area contributed by atoms with E-state index in [0.717, 1.165) is 7.05 Å². The van der Waals surface area contributed by atoms with Gasteiger partial charge in [-0.1, -0.05) is 23.4 Å². The van der Waals surface area contributed by atoms with Gasteiger partial charge < -0.3 is 20.5 Å². The molecule has 0 radical (unpaired) electrons. The van der Waals surface area contributed by atoms with Gasteiger partial charge in [-0.15, -0.1) is 0 Å². The minimum absolute atomic E-state index is 0.0171. The molecule has 0 spiro atoms. The van der Waals surface area contributed by atoms with Gasteiger partial charge in [-0.3, -0.25) is 14.3 Å². The number of nitrogens with one attached hydrogen (secondary N) is 1. The van der Waals surface area contributed by atoms with Gasteiger partial charge in [0.1, 0.15) is 29.2 Å². The maximum absolute atomic E-state index is 14.3. The highest BCUT2D eigenvalue weighted by atomic mass is 19.4. The number of nitrogen functional groups attached to an aromatic ring is 1. The van der Waals surface area contributed by atoms with Gasteiger partial charge in [-0.05, 0) is 25.0 Å². The number of anilines is 2. The van der Waals surface area contributed by atoms with Crippen molar-refractivity contribution in [1.82, 2.24) is 29.8 Å². The van der Waals surface area contributed by atoms with Crippen LogP contribution in [0.15, 0.2) is 53.4 Å². The zero-order valence-corrected chi connectivity index (χ0v) is 21.2. The molecule has 0 aliphatic heterocycles. The molecule has 0 fully saturated rings. The number of carbonyl (C=O) groups is 2. The molecule has 3 aromatic heterocycles. The predicted octanol–water partition coefficient (Wildman–Crippen LogP) is 3.89. The third kappa shape index (κ3) is 6.78. The second-order valence-electron chi connectivity index (χ2n) is 8.77. The second kappa shape index (κ2) is 11.9. The van der Waals surface area contributed by atoms with Crippen LogP contribution in [0.2, 0.25) is 0 Å². The van der Waals surface area contributed by atoms with Gasteiger partial charge in [0.2, 0.25) is 5.91 Å². The van der Waals surface area contributed by atoms with Gasteiger partial charge in [0.05, 0.1) is 18.4 Å². The maximum atomic E-state index is 14.3. The molecule has 1 aromatic carbocycles. The average molecular weight is 561 g/mol. The number of unbranched alkanes of at least 4 members (excludes halogenated alkanes) is 1. The Bertz CT molecular complexity index is 1490. The van der Waals surface area contributed by atoms with E-state index in [1.165, 1.54) is 23.2 Å². The zero-order chi connectivity index (χ0) is 28.9. The normalized spacial score (nSPS) is 11.4. The number of amides is 2. The summed E-state index contributed by atoms with van der Waals surface area (Å²) in [7, 11) is 1.05. The first-order valence-corrected chi connectivity index (χ1v) is 12.0. The number of rotatable bonds is 10. The van der Waals surface area contributed by atoms with Crippen LogP contribution in [0.5, 0.6) is 0 Å². The summed E-state index contributed by atoms with van der Waals surface area (Å²) in [5.74, 6) is -2.68. The molecule has 3 heterocycles. The van der Waals surface area contributed by atoms with E-state index in [4.69, 9.17) is 10.3 Å². The highest BCUT2D eigenvalue weighted by Crippen LogP contribution is 2.26. The van der Waals surface area contributed by atoms with Crippen molar-refractivity contribution in [2.75, 3.05) is 24.6 Å². The molecule has 0 saturated heterocycles. The largest absolute Gasteiger partial charge is 0.471 e. The van der Waals surface area contributed by atoms with Crippen LogP contribution in [0.25, 0.3) is 22.9 Å². The number of aromatic nitrogens is 5. The summed E-state index contributed by atoms with van der Waals surface area (Å²) in [6, 6.07) is 9.55. The smallest absolute Gasteiger partial charge is 0.382 e. The molecule has 4 rings (SSSR count). The molecule has 3 N–H and O–H groups in total. The molecule has 11 nitrogen and oxygen atoms in total. The SMILES string of the molecule is CN(CCCCC(=O)Nc1cnc(-c2cc(-c3ccon3)n(Cc3ccccc3F)n2)nc1N)C(=O)C(F)(F)F. The fourth-order valence-electron chi connectivity index (χ4n) is 3.77. The van der Waals surface area contributed by atoms with Crippen molar-refractivity contribution < 1.29 is 31.7 Å². The Balaban J connectivity index is 1.41. The fraction of sp³-hybridized carbons (Fsp3) is 0.280. The number of carbonyl (C=O) groups excluding carboxylic acids is 2. The topological polar surface area (TPSA) is 145 Å². The minimum atomic E-state index is -4.94. The van der Waals surface area contributed by atoms with E-state index in [-0.39, 0.29) is 49.7 Å². The van der Waals surface area contributed by atoms with Crippen LogP contribution in [0.4, 0.5) is 29.1 Å². The monoisotopic (exact) mass is 560 g/mol. The molecule has 40 heavy (non-hydrogen) atoms. The van der Waals surface area contributed by atoms with Crippen LogP contribution in [0, 0.1) is 5.82 Å². The van der Waals surface area contributed by atoms with Crippen molar-refractivity contribution in [3.63, 3.8) is 0 Å². The summed E-state index contributed by atoms with van der Waals surface area (Å²) < 4.78 is 58.1. The highest BCUT2D eigenvalue weighted by molar-refractivity contribution is 5.93. The van der Waals surface area contributed by atoms with Crippen molar-refractivity contribution >= 4 is 23.3 Å². The Hall–Kier alpha value is -4.82. The average Bonchev–Trinajstić information content (AvgIpc) is 3.58. The Morgan fingerprint density at radius 2 is 1.93 bits per heavy atom. The standard InChI is InChI=1S/C25H24F4N8O3/c1-36(24(39)25(27,28)29)10-5-4-8-21(38)32-19-13-31-23(33-22(19)30)18-12-20(17-9-11-40-35-17)37(34-18)14-15-6-2-3-7-16(15)26/h2-3,6-7,9,11-13H,4-5,8,10,14H2,1H3,(H,32,38)(H2,30,31,33). The van der Waals surface area contributed by atoms with Gasteiger partial charge in [0.15, 0.2) is 11.6 Å². The van der Waals surface area contributed by atoms with Crippen LogP contribution >= 0.6 is 0 Å². The minimum Gasteiger partial charge on any atom is -0.382 e. The summed E-state index contributed by atoms with van der Waals surface area (Å²) in [5, 5.41) is 11.0. The van der Waals surface area contributed by atoms with E-state index in [1.54, 1.807) is 30.3 Å². The Labute approximate surface area is 225 Å². The lowest BCUT2D eigenvalue weighted by atomic mass is 10.2. The van der Waals surface area contributed by atoms with Crippen molar-refractivity contribution in [3.8, 4) is 22.9 Å². The molecule has 15 heteroatoms. The fourth-order valence-corrected chi connectivity index (χ4v) is 3.77. The Morgan fingerprint density at radius 3 is 2.60 bits per heavy atom.